The molecule has 0 fully saturated rings. The van der Waals surface area contributed by atoms with Crippen LogP contribution in [-0.4, -0.2) is 154 Å². The molecule has 5 aromatic rings. The lowest BCUT2D eigenvalue weighted by Gasteiger charge is -2.22. The number of unbranched alkanes of at least 4 members (excludes halogenated alkanes) is 2. The number of amides is 8. The molecular weight excluding hydrogens is 1230 g/mol. The van der Waals surface area contributed by atoms with Crippen LogP contribution in [0.4, 0.5) is 22.7 Å². The largest absolute Gasteiger partial charge is 0.508 e. The smallest absolute Gasteiger partial charge is 0.326 e. The Morgan fingerprint density at radius 2 is 0.716 bits per heavy atom. The minimum absolute atomic E-state index is 0.00141. The number of ether oxygens (including phenoxy) is 4. The topological polar surface area (TPSA) is 513 Å². The fourth-order valence-corrected chi connectivity index (χ4v) is 9.48. The van der Waals surface area contributed by atoms with Gasteiger partial charge in [0, 0.05) is 55.7 Å². The van der Waals surface area contributed by atoms with Crippen molar-refractivity contribution < 1.29 is 72.3 Å². The van der Waals surface area contributed by atoms with Crippen molar-refractivity contribution in [2.24, 2.45) is 17.2 Å². The van der Waals surface area contributed by atoms with E-state index in [1.54, 1.807) is 0 Å². The zero-order chi connectivity index (χ0) is 69.7. The van der Waals surface area contributed by atoms with Crippen LogP contribution in [0.15, 0.2) is 97.1 Å². The highest BCUT2D eigenvalue weighted by molar-refractivity contribution is 6.08. The number of nitrogens with two attached hydrogens (primary N) is 3. The molecule has 0 bridgehead atoms. The Morgan fingerprint density at radius 3 is 1.01 bits per heavy atom. The zero-order valence-electron chi connectivity index (χ0n) is 53.0. The maximum Gasteiger partial charge on any atom is 0.326 e. The van der Waals surface area contributed by atoms with E-state index in [2.05, 4.69) is 58.5 Å². The van der Waals surface area contributed by atoms with E-state index in [9.17, 15) is 53.4 Å². The SMILES string of the molecule is COc1ccc(NC(=O)[C@H](CCCCNC(=N)N)NC(=O)c2cc(NC(=O)[C@H](CCCCNC(=N)N)NC(=O)c3cc(NC(=O)[C@H](CCCNC(=N)N)NC(=O)c4cc(NC(C)=O)ccc4OC)ccc3OC)ccc2OC)cc1C(=O)N[C@@H](Cc1ccc(O)cc1)C(=O)O. The third-order valence-electron chi connectivity index (χ3n) is 14.2. The van der Waals surface area contributed by atoms with Crippen molar-refractivity contribution in [3.63, 3.8) is 0 Å². The third kappa shape index (κ3) is 23.7. The molecule has 0 unspecified atom stereocenters. The molecule has 0 radical (unpaired) electrons. The number of carbonyl (C=O) groups excluding carboxylic acids is 8. The van der Waals surface area contributed by atoms with E-state index in [0.717, 1.165) is 0 Å². The Bertz CT molecular complexity index is 3610. The number of carboxylic acids is 1. The van der Waals surface area contributed by atoms with Gasteiger partial charge in [-0.2, -0.15) is 0 Å². The van der Waals surface area contributed by atoms with E-state index in [1.165, 1.54) is 132 Å². The second-order valence-electron chi connectivity index (χ2n) is 21.3. The van der Waals surface area contributed by atoms with Crippen LogP contribution in [-0.2, 0) is 30.4 Å². The minimum atomic E-state index is -1.41. The summed E-state index contributed by atoms with van der Waals surface area (Å²) in [4.78, 5) is 123. The summed E-state index contributed by atoms with van der Waals surface area (Å²) >= 11 is 0. The lowest BCUT2D eigenvalue weighted by Crippen LogP contribution is -2.45. The number of hydrogen-bond acceptors (Lipinski definition) is 17. The highest BCUT2D eigenvalue weighted by atomic mass is 16.5. The number of anilines is 4. The Morgan fingerprint density at radius 1 is 0.421 bits per heavy atom. The molecule has 0 saturated carbocycles. The number of benzene rings is 5. The van der Waals surface area contributed by atoms with Crippen LogP contribution >= 0.6 is 0 Å². The number of guanidine groups is 3. The maximum atomic E-state index is 14.5. The summed E-state index contributed by atoms with van der Waals surface area (Å²) in [6, 6.07) is 17.3. The highest BCUT2D eigenvalue weighted by Crippen LogP contribution is 2.29. The lowest BCUT2D eigenvalue weighted by atomic mass is 10.0. The molecule has 95 heavy (non-hydrogen) atoms. The number of methoxy groups -OCH3 is 4. The minimum Gasteiger partial charge on any atom is -0.508 e. The summed E-state index contributed by atoms with van der Waals surface area (Å²) < 4.78 is 21.9. The van der Waals surface area contributed by atoms with Crippen molar-refractivity contribution in [2.45, 2.75) is 88.9 Å². The van der Waals surface area contributed by atoms with E-state index < -0.39 is 77.4 Å². The van der Waals surface area contributed by atoms with Gasteiger partial charge in [-0.15, -0.1) is 0 Å². The standard InChI is InChI=1S/C63H81N17O15/c1-34(81)73-36-16-22-49(92-2)41(30-36)53(83)79-47(13-10-28-72-63(68)69)59(89)76-38-18-24-51(94-4)43(32-38)55(85)77-45(11-6-8-26-70-61(64)65)57(87)74-37-17-23-50(93-3)42(31-37)54(84)78-46(12-7-9-27-71-62(66)67)58(88)75-39-19-25-52(95-5)44(33-39)56(86)80-48(60(90)91)29-35-14-20-40(82)21-15-35/h14-25,30-33,45-48,82H,6-13,26-29H2,1-5H3,(H,73,81)(H,74,87)(H,75,88)(H,76,89)(H,77,85)(H,78,84)(H,79,83)(H,80,86)(H,90,91)(H4,64,65,70)(H4,66,67,71)(H4,68,69,72)/t45-,46-,47-,48-/m0/s1. The summed E-state index contributed by atoms with van der Waals surface area (Å²) in [5, 5.41) is 71.8. The molecule has 0 aliphatic rings. The van der Waals surface area contributed by atoms with Crippen molar-refractivity contribution in [3.8, 4) is 28.7 Å². The molecular formula is C63H81N17O15. The molecule has 5 aromatic carbocycles. The number of phenolic OH excluding ortho intramolecular Hbond substituents is 1. The number of aromatic hydroxyl groups is 1. The molecule has 5 rings (SSSR count). The molecule has 0 spiro atoms. The van der Waals surface area contributed by atoms with E-state index in [0.29, 0.717) is 31.2 Å². The quantitative estimate of drug-likeness (QED) is 0.0156. The van der Waals surface area contributed by atoms with Gasteiger partial charge in [0.05, 0.1) is 50.7 Å². The first-order chi connectivity index (χ1) is 45.3. The Hall–Kier alpha value is -11.9. The normalized spacial score (nSPS) is 11.8. The second-order valence-corrected chi connectivity index (χ2v) is 21.3. The summed E-state index contributed by atoms with van der Waals surface area (Å²) in [5.41, 5.74) is 17.0. The number of rotatable bonds is 36. The third-order valence-corrected chi connectivity index (χ3v) is 14.2. The molecule has 0 aliphatic carbocycles. The molecule has 0 heterocycles. The molecule has 8 amide bonds. The first-order valence-corrected chi connectivity index (χ1v) is 29.7. The van der Waals surface area contributed by atoms with Gasteiger partial charge in [-0.25, -0.2) is 4.79 Å². The van der Waals surface area contributed by atoms with E-state index >= 15 is 0 Å². The van der Waals surface area contributed by atoms with E-state index in [4.69, 9.17) is 52.4 Å². The molecule has 0 saturated heterocycles. The van der Waals surface area contributed by atoms with Crippen molar-refractivity contribution in [1.29, 1.82) is 16.2 Å². The summed E-state index contributed by atoms with van der Waals surface area (Å²) in [5.74, 6) is -7.87. The van der Waals surface area contributed by atoms with Gasteiger partial charge in [-0.05, 0) is 142 Å². The number of nitrogens with one attached hydrogen (secondary N) is 14. The molecule has 4 atom stereocenters. The van der Waals surface area contributed by atoms with E-state index in [-0.39, 0.29) is 143 Å². The van der Waals surface area contributed by atoms with E-state index in [1.807, 2.05) is 0 Å². The predicted octanol–water partition coefficient (Wildman–Crippen LogP) is 2.59. The summed E-state index contributed by atoms with van der Waals surface area (Å²) in [6.45, 7) is 1.97. The fraction of sp³-hybridized carbons (Fsp3) is 0.333. The van der Waals surface area contributed by atoms with Gasteiger partial charge < -0.3 is 105 Å². The number of hydrogen-bond donors (Lipinski definition) is 19. The summed E-state index contributed by atoms with van der Waals surface area (Å²) in [7, 11) is 5.23. The van der Waals surface area contributed by atoms with Gasteiger partial charge in [0.1, 0.15) is 52.9 Å². The molecule has 0 aliphatic heterocycles. The van der Waals surface area contributed by atoms with Gasteiger partial charge in [-0.3, -0.25) is 54.6 Å². The number of phenols is 1. The monoisotopic (exact) mass is 1320 g/mol. The molecule has 0 aromatic heterocycles. The first-order valence-electron chi connectivity index (χ1n) is 29.7. The highest BCUT2D eigenvalue weighted by Gasteiger charge is 2.30. The average Bonchev–Trinajstić information content (AvgIpc) is 0.917. The second kappa shape index (κ2) is 36.9. The Labute approximate surface area is 546 Å². The van der Waals surface area contributed by atoms with Crippen molar-refractivity contribution in [1.82, 2.24) is 37.2 Å². The van der Waals surface area contributed by atoms with Crippen LogP contribution < -0.4 is 94.6 Å². The van der Waals surface area contributed by atoms with Crippen LogP contribution in [0.25, 0.3) is 0 Å². The zero-order valence-corrected chi connectivity index (χ0v) is 53.0. The predicted molar refractivity (Wildman–Crippen MR) is 353 cm³/mol. The molecule has 32 heteroatoms. The van der Waals surface area contributed by atoms with Crippen LogP contribution in [0, 0.1) is 16.2 Å². The molecule has 22 N–H and O–H groups in total. The van der Waals surface area contributed by atoms with Crippen molar-refractivity contribution in [3.05, 3.63) is 125 Å². The average molecular weight is 1320 g/mol. The van der Waals surface area contributed by atoms with Gasteiger partial charge in [-0.1, -0.05) is 12.1 Å². The van der Waals surface area contributed by atoms with Crippen molar-refractivity contribution in [2.75, 3.05) is 69.3 Å². The van der Waals surface area contributed by atoms with Crippen molar-refractivity contribution >= 4 is 93.9 Å². The van der Waals surface area contributed by atoms with Crippen LogP contribution in [0.2, 0.25) is 0 Å². The van der Waals surface area contributed by atoms with Gasteiger partial charge in [0.2, 0.25) is 23.6 Å². The Kier molecular flexibility index (Phi) is 28.7. The van der Waals surface area contributed by atoms with Gasteiger partial charge in [0.25, 0.3) is 23.6 Å². The maximum absolute atomic E-state index is 14.5. The van der Waals surface area contributed by atoms with Gasteiger partial charge >= 0.3 is 5.97 Å². The lowest BCUT2D eigenvalue weighted by molar-refractivity contribution is -0.139. The van der Waals surface area contributed by atoms with Crippen LogP contribution in [0.5, 0.6) is 28.7 Å². The summed E-state index contributed by atoms with van der Waals surface area (Å²) in [6.07, 6.45) is 1.56. The first kappa shape index (κ1) is 73.9. The Balaban J connectivity index is 1.39. The fourth-order valence-electron chi connectivity index (χ4n) is 9.48. The molecule has 508 valence electrons. The number of carboxylic acid groups (broad SMARTS) is 1. The molecule has 32 nitrogen and oxygen atoms in total. The van der Waals surface area contributed by atoms with Crippen LogP contribution in [0.3, 0.4) is 0 Å². The van der Waals surface area contributed by atoms with Gasteiger partial charge in [0.15, 0.2) is 17.9 Å². The number of carbonyl (C=O) groups is 9. The number of aliphatic carboxylic acids is 1. The van der Waals surface area contributed by atoms with Crippen LogP contribution in [0.1, 0.15) is 105 Å².